The summed E-state index contributed by atoms with van der Waals surface area (Å²) in [6, 6.07) is 4.37. The van der Waals surface area contributed by atoms with Gasteiger partial charge in [-0.2, -0.15) is 0 Å². The first-order chi connectivity index (χ1) is 6.62. The average Bonchev–Trinajstić information content (AvgIpc) is 2.52. The molecule has 0 radical (unpaired) electrons. The molecule has 1 saturated heterocycles. The third-order valence-corrected chi connectivity index (χ3v) is 2.80. The van der Waals surface area contributed by atoms with E-state index in [9.17, 15) is 9.50 Å². The Labute approximate surface area is 86.7 Å². The maximum atomic E-state index is 13.5. The highest BCUT2D eigenvalue weighted by atomic mass is 35.5. The predicted molar refractivity (Wildman–Crippen MR) is 52.8 cm³/mol. The van der Waals surface area contributed by atoms with Gasteiger partial charge in [0.25, 0.3) is 0 Å². The standard InChI is InChI=1S/C10H11ClFNO/c11-7-1-2-8(9(12)5-7)10(14)3-4-13-6-10/h1-2,5,13-14H,3-4,6H2. The monoisotopic (exact) mass is 215 g/mol. The van der Waals surface area contributed by atoms with Crippen LogP contribution in [0.2, 0.25) is 5.02 Å². The van der Waals surface area contributed by atoms with E-state index in [1.54, 1.807) is 12.1 Å². The lowest BCUT2D eigenvalue weighted by Crippen LogP contribution is -2.29. The maximum Gasteiger partial charge on any atom is 0.130 e. The fourth-order valence-electron chi connectivity index (χ4n) is 1.78. The van der Waals surface area contributed by atoms with Gasteiger partial charge in [0.2, 0.25) is 0 Å². The molecule has 2 rings (SSSR count). The molecule has 0 amide bonds. The first-order valence-corrected chi connectivity index (χ1v) is 4.88. The fourth-order valence-corrected chi connectivity index (χ4v) is 1.93. The van der Waals surface area contributed by atoms with Crippen LogP contribution < -0.4 is 5.32 Å². The van der Waals surface area contributed by atoms with Crippen molar-refractivity contribution in [1.82, 2.24) is 5.32 Å². The van der Waals surface area contributed by atoms with E-state index in [1.165, 1.54) is 6.07 Å². The SMILES string of the molecule is OC1(c2ccc(Cl)cc2F)CCNC1. The van der Waals surface area contributed by atoms with E-state index in [1.807, 2.05) is 0 Å². The van der Waals surface area contributed by atoms with Crippen molar-refractivity contribution in [2.24, 2.45) is 0 Å². The number of rotatable bonds is 1. The zero-order valence-electron chi connectivity index (χ0n) is 7.56. The molecule has 14 heavy (non-hydrogen) atoms. The molecule has 1 aromatic rings. The summed E-state index contributed by atoms with van der Waals surface area (Å²) in [5, 5.41) is 13.4. The minimum Gasteiger partial charge on any atom is -0.384 e. The summed E-state index contributed by atoms with van der Waals surface area (Å²) in [5.74, 6) is -0.441. The zero-order valence-corrected chi connectivity index (χ0v) is 8.31. The van der Waals surface area contributed by atoms with E-state index in [-0.39, 0.29) is 0 Å². The molecule has 1 heterocycles. The van der Waals surface area contributed by atoms with Crippen molar-refractivity contribution in [3.63, 3.8) is 0 Å². The van der Waals surface area contributed by atoms with Crippen LogP contribution in [0, 0.1) is 5.82 Å². The molecule has 1 aliphatic heterocycles. The van der Waals surface area contributed by atoms with Crippen molar-refractivity contribution >= 4 is 11.6 Å². The van der Waals surface area contributed by atoms with Gasteiger partial charge in [0.05, 0.1) is 0 Å². The third-order valence-electron chi connectivity index (χ3n) is 2.57. The van der Waals surface area contributed by atoms with Crippen LogP contribution >= 0.6 is 11.6 Å². The minimum atomic E-state index is -1.07. The highest BCUT2D eigenvalue weighted by molar-refractivity contribution is 6.30. The summed E-state index contributed by atoms with van der Waals surface area (Å²) in [5.41, 5.74) is -0.749. The molecule has 1 atom stereocenters. The van der Waals surface area contributed by atoms with Gasteiger partial charge in [-0.05, 0) is 25.1 Å². The normalized spacial score (nSPS) is 26.8. The van der Waals surface area contributed by atoms with Crippen LogP contribution in [0.25, 0.3) is 0 Å². The van der Waals surface area contributed by atoms with Crippen molar-refractivity contribution < 1.29 is 9.50 Å². The van der Waals surface area contributed by atoms with Crippen molar-refractivity contribution in [2.75, 3.05) is 13.1 Å². The van der Waals surface area contributed by atoms with Gasteiger partial charge in [-0.15, -0.1) is 0 Å². The van der Waals surface area contributed by atoms with Gasteiger partial charge in [0.1, 0.15) is 11.4 Å². The quantitative estimate of drug-likeness (QED) is 0.747. The van der Waals surface area contributed by atoms with Gasteiger partial charge in [-0.25, -0.2) is 4.39 Å². The third kappa shape index (κ3) is 1.63. The topological polar surface area (TPSA) is 32.3 Å². The van der Waals surface area contributed by atoms with Crippen LogP contribution in [0.4, 0.5) is 4.39 Å². The first-order valence-electron chi connectivity index (χ1n) is 4.50. The summed E-state index contributed by atoms with van der Waals surface area (Å²) in [7, 11) is 0. The Morgan fingerprint density at radius 1 is 1.50 bits per heavy atom. The zero-order chi connectivity index (χ0) is 10.2. The second-order valence-electron chi connectivity index (χ2n) is 3.58. The Kier molecular flexibility index (Phi) is 2.47. The lowest BCUT2D eigenvalue weighted by molar-refractivity contribution is 0.0549. The smallest absolute Gasteiger partial charge is 0.130 e. The minimum absolute atomic E-state index is 0.326. The largest absolute Gasteiger partial charge is 0.384 e. The molecular weight excluding hydrogens is 205 g/mol. The lowest BCUT2D eigenvalue weighted by Gasteiger charge is -2.22. The van der Waals surface area contributed by atoms with Crippen LogP contribution in [-0.2, 0) is 5.60 Å². The molecule has 2 nitrogen and oxygen atoms in total. The first kappa shape index (κ1) is 9.90. The van der Waals surface area contributed by atoms with E-state index < -0.39 is 11.4 Å². The van der Waals surface area contributed by atoms with Crippen LogP contribution in [0.3, 0.4) is 0 Å². The van der Waals surface area contributed by atoms with E-state index in [4.69, 9.17) is 11.6 Å². The predicted octanol–water partition coefficient (Wildman–Crippen LogP) is 1.66. The molecule has 0 aromatic heterocycles. The van der Waals surface area contributed by atoms with Gasteiger partial charge in [0, 0.05) is 17.1 Å². The Balaban J connectivity index is 2.40. The molecule has 76 valence electrons. The van der Waals surface area contributed by atoms with Gasteiger partial charge < -0.3 is 10.4 Å². The molecule has 0 saturated carbocycles. The number of benzene rings is 1. The Bertz CT molecular complexity index is 350. The summed E-state index contributed by atoms with van der Waals surface area (Å²) in [4.78, 5) is 0. The molecule has 1 unspecified atom stereocenters. The van der Waals surface area contributed by atoms with Crippen molar-refractivity contribution in [3.8, 4) is 0 Å². The average molecular weight is 216 g/mol. The Hall–Kier alpha value is -0.640. The maximum absolute atomic E-state index is 13.5. The number of halogens is 2. The Morgan fingerprint density at radius 2 is 2.29 bits per heavy atom. The van der Waals surface area contributed by atoms with Gasteiger partial charge in [0.15, 0.2) is 0 Å². The number of aliphatic hydroxyl groups is 1. The Morgan fingerprint density at radius 3 is 2.86 bits per heavy atom. The van der Waals surface area contributed by atoms with Gasteiger partial charge >= 0.3 is 0 Å². The van der Waals surface area contributed by atoms with Crippen molar-refractivity contribution in [3.05, 3.63) is 34.6 Å². The molecule has 0 aliphatic carbocycles. The van der Waals surface area contributed by atoms with Gasteiger partial charge in [-0.3, -0.25) is 0 Å². The second kappa shape index (κ2) is 3.50. The highest BCUT2D eigenvalue weighted by Crippen LogP contribution is 2.30. The molecule has 1 fully saturated rings. The molecule has 2 N–H and O–H groups in total. The van der Waals surface area contributed by atoms with Crippen molar-refractivity contribution in [2.45, 2.75) is 12.0 Å². The molecule has 1 aliphatic rings. The molecule has 0 bridgehead atoms. The number of hydrogen-bond donors (Lipinski definition) is 2. The van der Waals surface area contributed by atoms with Crippen LogP contribution in [0.15, 0.2) is 18.2 Å². The lowest BCUT2D eigenvalue weighted by atomic mass is 9.93. The summed E-state index contributed by atoms with van der Waals surface area (Å²) < 4.78 is 13.5. The molecule has 4 heteroatoms. The van der Waals surface area contributed by atoms with Crippen LogP contribution in [0.1, 0.15) is 12.0 Å². The summed E-state index contributed by atoms with van der Waals surface area (Å²) >= 11 is 5.63. The molecule has 0 spiro atoms. The fraction of sp³-hybridized carbons (Fsp3) is 0.400. The van der Waals surface area contributed by atoms with Gasteiger partial charge in [-0.1, -0.05) is 17.7 Å². The van der Waals surface area contributed by atoms with E-state index in [0.717, 1.165) is 0 Å². The number of β-amino-alcohol motifs (C(OH)–C–C–N with tert-alkyl or cyclic N) is 1. The number of nitrogens with one attached hydrogen (secondary N) is 1. The molecule has 1 aromatic carbocycles. The van der Waals surface area contributed by atoms with E-state index in [2.05, 4.69) is 5.32 Å². The number of hydrogen-bond acceptors (Lipinski definition) is 2. The van der Waals surface area contributed by atoms with E-state index >= 15 is 0 Å². The molecular formula is C10H11ClFNO. The second-order valence-corrected chi connectivity index (χ2v) is 4.02. The van der Waals surface area contributed by atoms with Crippen molar-refractivity contribution in [1.29, 1.82) is 0 Å². The van der Waals surface area contributed by atoms with Crippen LogP contribution in [0.5, 0.6) is 0 Å². The van der Waals surface area contributed by atoms with Crippen LogP contribution in [-0.4, -0.2) is 18.2 Å². The summed E-state index contributed by atoms with van der Waals surface area (Å²) in [6.07, 6.45) is 0.533. The summed E-state index contributed by atoms with van der Waals surface area (Å²) in [6.45, 7) is 1.10. The highest BCUT2D eigenvalue weighted by Gasteiger charge is 2.35. The van der Waals surface area contributed by atoms with E-state index in [0.29, 0.717) is 30.1 Å².